The van der Waals surface area contributed by atoms with Crippen LogP contribution in [0.1, 0.15) is 123 Å². The first-order valence-electron chi connectivity index (χ1n) is 13.0. The van der Waals surface area contributed by atoms with Gasteiger partial charge in [-0.05, 0) is 86.6 Å². The Labute approximate surface area is 192 Å². The van der Waals surface area contributed by atoms with Gasteiger partial charge >= 0.3 is 0 Å². The Hall–Kier alpha value is -0.600. The Kier molecular flexibility index (Phi) is 27.8. The molecule has 0 bridgehead atoms. The van der Waals surface area contributed by atoms with Crippen molar-refractivity contribution >= 4 is 0 Å². The molecule has 0 atom stereocenters. The number of hydrogen-bond donors (Lipinski definition) is 1. The molecule has 0 aliphatic carbocycles. The van der Waals surface area contributed by atoms with Crippen molar-refractivity contribution in [2.75, 3.05) is 34.2 Å². The predicted molar refractivity (Wildman–Crippen MR) is 141 cm³/mol. The van der Waals surface area contributed by atoms with Crippen LogP contribution in [-0.2, 0) is 0 Å². The van der Waals surface area contributed by atoms with E-state index in [-0.39, 0.29) is 0 Å². The average molecular weight is 423 g/mol. The molecule has 0 saturated heterocycles. The molecule has 0 heterocycles. The minimum atomic E-state index is 1.18. The maximum absolute atomic E-state index is 3.93. The second kappa shape index (κ2) is 26.4. The number of hydrogen-bond acceptors (Lipinski definition) is 2. The molecule has 2 nitrogen and oxygen atoms in total. The first-order chi connectivity index (χ1) is 14.4. The number of unbranched alkanes of at least 4 members (excludes halogenated alkanes) is 13. The van der Waals surface area contributed by atoms with Crippen LogP contribution in [0.5, 0.6) is 0 Å². The maximum Gasteiger partial charge on any atom is -0.00248 e. The van der Waals surface area contributed by atoms with Crippen LogP contribution in [0.2, 0.25) is 0 Å². The van der Waals surface area contributed by atoms with Gasteiger partial charge in [-0.1, -0.05) is 81.8 Å². The monoisotopic (exact) mass is 422 g/mol. The molecule has 0 aromatic carbocycles. The summed E-state index contributed by atoms with van der Waals surface area (Å²) >= 11 is 0. The first kappa shape index (κ1) is 31.6. The smallest absolute Gasteiger partial charge is 0.00248 e. The fourth-order valence-electron chi connectivity index (χ4n) is 3.53. The van der Waals surface area contributed by atoms with Crippen molar-refractivity contribution in [3.8, 4) is 0 Å². The molecule has 0 saturated carbocycles. The van der Waals surface area contributed by atoms with Gasteiger partial charge in [0.05, 0.1) is 0 Å². The van der Waals surface area contributed by atoms with Gasteiger partial charge in [0.15, 0.2) is 0 Å². The van der Waals surface area contributed by atoms with E-state index in [1.165, 1.54) is 133 Å². The lowest BCUT2D eigenvalue weighted by Gasteiger charge is -2.08. The Balaban J connectivity index is 0. The summed E-state index contributed by atoms with van der Waals surface area (Å²) in [5.41, 5.74) is 2.67. The number of nitrogens with one attached hydrogen (secondary N) is 1. The third-order valence-corrected chi connectivity index (χ3v) is 5.49. The molecule has 0 radical (unpaired) electrons. The van der Waals surface area contributed by atoms with Crippen LogP contribution in [0.25, 0.3) is 0 Å². The topological polar surface area (TPSA) is 15.3 Å². The molecule has 0 spiro atoms. The van der Waals surface area contributed by atoms with E-state index < -0.39 is 0 Å². The number of nitrogens with zero attached hydrogens (tertiary/aromatic N) is 1. The van der Waals surface area contributed by atoms with Crippen molar-refractivity contribution in [2.45, 2.75) is 123 Å². The van der Waals surface area contributed by atoms with Crippen LogP contribution in [0.3, 0.4) is 0 Å². The van der Waals surface area contributed by atoms with E-state index in [9.17, 15) is 0 Å². The normalized spacial score (nSPS) is 10.7. The summed E-state index contributed by atoms with van der Waals surface area (Å²) in [4.78, 5) is 2.28. The Morgan fingerprint density at radius 2 is 0.900 bits per heavy atom. The molecule has 0 amide bonds. The summed E-state index contributed by atoms with van der Waals surface area (Å²) in [5, 5.41) is 3.18. The fraction of sp³-hybridized carbons (Fsp3) is 0.857. The van der Waals surface area contributed by atoms with Crippen LogP contribution < -0.4 is 5.32 Å². The Morgan fingerprint density at radius 1 is 0.567 bits per heavy atom. The summed E-state index contributed by atoms with van der Waals surface area (Å²) in [6.07, 6.45) is 23.3. The third kappa shape index (κ3) is 34.9. The second-order valence-electron chi connectivity index (χ2n) is 9.62. The lowest BCUT2D eigenvalue weighted by atomic mass is 10.1. The van der Waals surface area contributed by atoms with Crippen molar-refractivity contribution in [2.24, 2.45) is 0 Å². The molecule has 0 rings (SSSR count). The molecule has 1 N–H and O–H groups in total. The lowest BCUT2D eigenvalue weighted by molar-refractivity contribution is 0.389. The zero-order valence-electron chi connectivity index (χ0n) is 21.8. The van der Waals surface area contributed by atoms with E-state index in [2.05, 4.69) is 51.3 Å². The van der Waals surface area contributed by atoms with Crippen LogP contribution in [-0.4, -0.2) is 39.1 Å². The molecular formula is C28H58N2. The number of rotatable bonds is 21. The van der Waals surface area contributed by atoms with Gasteiger partial charge in [-0.2, -0.15) is 0 Å². The highest BCUT2D eigenvalue weighted by Crippen LogP contribution is 2.12. The van der Waals surface area contributed by atoms with Gasteiger partial charge in [-0.25, -0.2) is 0 Å². The Morgan fingerprint density at radius 3 is 1.23 bits per heavy atom. The van der Waals surface area contributed by atoms with Gasteiger partial charge < -0.3 is 10.2 Å². The highest BCUT2D eigenvalue weighted by atomic mass is 15.0. The fourth-order valence-corrected chi connectivity index (χ4v) is 3.53. The van der Waals surface area contributed by atoms with E-state index in [0.29, 0.717) is 0 Å². The molecule has 30 heavy (non-hydrogen) atoms. The van der Waals surface area contributed by atoms with Gasteiger partial charge in [0.1, 0.15) is 0 Å². The minimum absolute atomic E-state index is 1.18. The Bertz CT molecular complexity index is 360. The largest absolute Gasteiger partial charge is 0.320 e. The summed E-state index contributed by atoms with van der Waals surface area (Å²) in [6.45, 7) is 14.5. The average Bonchev–Trinajstić information content (AvgIpc) is 2.68. The molecule has 0 aromatic heterocycles. The van der Waals surface area contributed by atoms with E-state index in [1.807, 2.05) is 7.05 Å². The van der Waals surface area contributed by atoms with Gasteiger partial charge in [-0.15, -0.1) is 13.2 Å². The van der Waals surface area contributed by atoms with Crippen LogP contribution >= 0.6 is 0 Å². The van der Waals surface area contributed by atoms with E-state index in [4.69, 9.17) is 0 Å². The highest BCUT2D eigenvalue weighted by molar-refractivity contribution is 4.87. The van der Waals surface area contributed by atoms with Crippen LogP contribution in [0.4, 0.5) is 0 Å². The van der Waals surface area contributed by atoms with Gasteiger partial charge in [0.2, 0.25) is 0 Å². The third-order valence-electron chi connectivity index (χ3n) is 5.49. The van der Waals surface area contributed by atoms with Crippen molar-refractivity contribution in [1.82, 2.24) is 10.2 Å². The SMILES string of the molecule is C=C(C)CCCCCCCCCCN(C)C.C=C(C)CCCCCCCCCNC. The molecule has 0 aliphatic heterocycles. The van der Waals surface area contributed by atoms with E-state index in [0.717, 1.165) is 0 Å². The lowest BCUT2D eigenvalue weighted by Crippen LogP contribution is -2.12. The summed E-state index contributed by atoms with van der Waals surface area (Å²) in [5.74, 6) is 0. The first-order valence-corrected chi connectivity index (χ1v) is 13.0. The molecule has 0 aliphatic rings. The predicted octanol–water partition coefficient (Wildman–Crippen LogP) is 8.54. The molecule has 0 fully saturated rings. The van der Waals surface area contributed by atoms with E-state index in [1.54, 1.807) is 0 Å². The van der Waals surface area contributed by atoms with Crippen molar-refractivity contribution in [3.05, 3.63) is 24.3 Å². The van der Waals surface area contributed by atoms with Crippen LogP contribution in [0, 0.1) is 0 Å². The zero-order chi connectivity index (χ0) is 22.9. The van der Waals surface area contributed by atoms with Crippen molar-refractivity contribution in [1.29, 1.82) is 0 Å². The van der Waals surface area contributed by atoms with E-state index >= 15 is 0 Å². The summed E-state index contributed by atoms with van der Waals surface area (Å²) in [6, 6.07) is 0. The molecule has 180 valence electrons. The summed E-state index contributed by atoms with van der Waals surface area (Å²) in [7, 11) is 6.33. The zero-order valence-corrected chi connectivity index (χ0v) is 21.8. The molecular weight excluding hydrogens is 364 g/mol. The quantitative estimate of drug-likeness (QED) is 0.147. The minimum Gasteiger partial charge on any atom is -0.320 e. The van der Waals surface area contributed by atoms with Gasteiger partial charge in [0, 0.05) is 0 Å². The highest BCUT2D eigenvalue weighted by Gasteiger charge is 1.94. The second-order valence-corrected chi connectivity index (χ2v) is 9.62. The van der Waals surface area contributed by atoms with Crippen molar-refractivity contribution < 1.29 is 0 Å². The molecule has 2 heteroatoms. The van der Waals surface area contributed by atoms with Crippen LogP contribution in [0.15, 0.2) is 24.3 Å². The van der Waals surface area contributed by atoms with Crippen molar-refractivity contribution in [3.63, 3.8) is 0 Å². The molecule has 0 aromatic rings. The maximum atomic E-state index is 3.93. The standard InChI is InChI=1S/C15H31N.C13H27N/c1-15(2)13-11-9-7-5-6-8-10-12-14-16(3)4;1-13(2)11-9-7-5-4-6-8-10-12-14-3/h1,5-14H2,2-4H3;14H,1,4-12H2,2-3H3. The molecule has 0 unspecified atom stereocenters. The van der Waals surface area contributed by atoms with Gasteiger partial charge in [-0.3, -0.25) is 0 Å². The summed E-state index contributed by atoms with van der Waals surface area (Å²) < 4.78 is 0. The number of allylic oxidation sites excluding steroid dienone is 2. The van der Waals surface area contributed by atoms with Gasteiger partial charge in [0.25, 0.3) is 0 Å².